The van der Waals surface area contributed by atoms with Gasteiger partial charge in [-0.05, 0) is 35.6 Å². The smallest absolute Gasteiger partial charge is 0.227 e. The molecule has 2 nitrogen and oxygen atoms in total. The number of fused-ring (bicyclic) bond motifs is 1. The largest absolute Gasteiger partial charge is 0.438 e. The van der Waals surface area contributed by atoms with Gasteiger partial charge in [0.25, 0.3) is 0 Å². The SMILES string of the molecule is Cc1ccc(F)cc1Oc1ncc(CCl)c2ccccc12. The third-order valence-corrected chi connectivity index (χ3v) is 3.63. The fraction of sp³-hybridized carbons (Fsp3) is 0.118. The van der Waals surface area contributed by atoms with Crippen molar-refractivity contribution >= 4 is 22.4 Å². The summed E-state index contributed by atoms with van der Waals surface area (Å²) in [4.78, 5) is 4.31. The zero-order chi connectivity index (χ0) is 14.8. The summed E-state index contributed by atoms with van der Waals surface area (Å²) in [5.74, 6) is 0.962. The van der Waals surface area contributed by atoms with E-state index in [0.717, 1.165) is 21.9 Å². The molecule has 0 spiro atoms. The normalized spacial score (nSPS) is 10.8. The zero-order valence-electron chi connectivity index (χ0n) is 11.4. The van der Waals surface area contributed by atoms with Crippen molar-refractivity contribution in [2.24, 2.45) is 0 Å². The molecule has 0 aliphatic heterocycles. The van der Waals surface area contributed by atoms with E-state index in [2.05, 4.69) is 4.98 Å². The Morgan fingerprint density at radius 2 is 1.90 bits per heavy atom. The van der Waals surface area contributed by atoms with Crippen LogP contribution in [0, 0.1) is 12.7 Å². The molecule has 0 atom stereocenters. The molecule has 0 N–H and O–H groups in total. The molecular formula is C17H13ClFNO. The van der Waals surface area contributed by atoms with Crippen LogP contribution in [-0.2, 0) is 5.88 Å². The van der Waals surface area contributed by atoms with Gasteiger partial charge in [-0.1, -0.05) is 24.3 Å². The minimum absolute atomic E-state index is 0.336. The summed E-state index contributed by atoms with van der Waals surface area (Å²) in [7, 11) is 0. The highest BCUT2D eigenvalue weighted by Crippen LogP contribution is 2.32. The Kier molecular flexibility index (Phi) is 3.76. The van der Waals surface area contributed by atoms with E-state index in [1.165, 1.54) is 12.1 Å². The van der Waals surface area contributed by atoms with Gasteiger partial charge in [0.05, 0.1) is 0 Å². The van der Waals surface area contributed by atoms with E-state index >= 15 is 0 Å². The molecule has 3 rings (SSSR count). The molecule has 106 valence electrons. The van der Waals surface area contributed by atoms with Crippen molar-refractivity contribution < 1.29 is 9.13 Å². The average Bonchev–Trinajstić information content (AvgIpc) is 2.51. The summed E-state index contributed by atoms with van der Waals surface area (Å²) in [6, 6.07) is 12.2. The third kappa shape index (κ3) is 2.69. The van der Waals surface area contributed by atoms with Crippen molar-refractivity contribution in [1.82, 2.24) is 4.98 Å². The fourth-order valence-electron chi connectivity index (χ4n) is 2.20. The van der Waals surface area contributed by atoms with Crippen LogP contribution in [0.5, 0.6) is 11.6 Å². The predicted octanol–water partition coefficient (Wildman–Crippen LogP) is 5.21. The maximum absolute atomic E-state index is 13.4. The Bertz CT molecular complexity index is 804. The number of hydrogen-bond acceptors (Lipinski definition) is 2. The molecule has 4 heteroatoms. The highest BCUT2D eigenvalue weighted by atomic mass is 35.5. The van der Waals surface area contributed by atoms with E-state index in [1.54, 1.807) is 12.3 Å². The third-order valence-electron chi connectivity index (χ3n) is 3.34. The highest BCUT2D eigenvalue weighted by Gasteiger charge is 2.10. The topological polar surface area (TPSA) is 22.1 Å². The molecule has 1 heterocycles. The van der Waals surface area contributed by atoms with Gasteiger partial charge in [0.1, 0.15) is 11.6 Å². The molecule has 0 saturated heterocycles. The highest BCUT2D eigenvalue weighted by molar-refractivity contribution is 6.18. The Labute approximate surface area is 127 Å². The lowest BCUT2D eigenvalue weighted by Gasteiger charge is -2.11. The molecule has 3 aromatic rings. The van der Waals surface area contributed by atoms with Crippen LogP contribution in [0.3, 0.4) is 0 Å². The first-order valence-electron chi connectivity index (χ1n) is 6.55. The summed E-state index contributed by atoms with van der Waals surface area (Å²) in [6.07, 6.45) is 1.69. The molecule has 0 aliphatic rings. The van der Waals surface area contributed by atoms with Gasteiger partial charge in [-0.2, -0.15) is 0 Å². The molecule has 2 aromatic carbocycles. The van der Waals surface area contributed by atoms with Crippen LogP contribution in [0.4, 0.5) is 4.39 Å². The number of benzene rings is 2. The number of ether oxygens (including phenoxy) is 1. The number of aromatic nitrogens is 1. The monoisotopic (exact) mass is 301 g/mol. The molecule has 0 fully saturated rings. The van der Waals surface area contributed by atoms with Gasteiger partial charge in [0, 0.05) is 23.5 Å². The first kappa shape index (κ1) is 13.8. The molecule has 0 aliphatic carbocycles. The molecule has 0 bridgehead atoms. The number of halogens is 2. The lowest BCUT2D eigenvalue weighted by atomic mass is 10.1. The van der Waals surface area contributed by atoms with Crippen LogP contribution < -0.4 is 4.74 Å². The van der Waals surface area contributed by atoms with Crippen LogP contribution in [0.1, 0.15) is 11.1 Å². The van der Waals surface area contributed by atoms with Crippen LogP contribution >= 0.6 is 11.6 Å². The molecule has 1 aromatic heterocycles. The second-order valence-electron chi connectivity index (χ2n) is 4.78. The van der Waals surface area contributed by atoms with Crippen LogP contribution in [0.2, 0.25) is 0 Å². The van der Waals surface area contributed by atoms with Crippen molar-refractivity contribution in [3.05, 3.63) is 65.6 Å². The number of alkyl halides is 1. The van der Waals surface area contributed by atoms with E-state index in [9.17, 15) is 4.39 Å². The van der Waals surface area contributed by atoms with E-state index in [-0.39, 0.29) is 5.82 Å². The standard InChI is InChI=1S/C17H13ClFNO/c1-11-6-7-13(19)8-16(11)21-17-15-5-3-2-4-14(15)12(9-18)10-20-17/h2-8,10H,9H2,1H3. The van der Waals surface area contributed by atoms with Gasteiger partial charge < -0.3 is 4.74 Å². The van der Waals surface area contributed by atoms with Gasteiger partial charge in [0.15, 0.2) is 0 Å². The molecular weight excluding hydrogens is 289 g/mol. The lowest BCUT2D eigenvalue weighted by Crippen LogP contribution is -1.94. The van der Waals surface area contributed by atoms with Crippen molar-refractivity contribution in [3.8, 4) is 11.6 Å². The Balaban J connectivity index is 2.11. The Morgan fingerprint density at radius 1 is 1.14 bits per heavy atom. The van der Waals surface area contributed by atoms with Crippen LogP contribution in [0.15, 0.2) is 48.7 Å². The van der Waals surface area contributed by atoms with Gasteiger partial charge in [-0.25, -0.2) is 9.37 Å². The maximum atomic E-state index is 13.4. The van der Waals surface area contributed by atoms with Crippen molar-refractivity contribution in [2.45, 2.75) is 12.8 Å². The summed E-state index contributed by atoms with van der Waals surface area (Å²) in [5.41, 5.74) is 1.79. The van der Waals surface area contributed by atoms with E-state index < -0.39 is 0 Å². The summed E-state index contributed by atoms with van der Waals surface area (Å²) in [6.45, 7) is 1.87. The second-order valence-corrected chi connectivity index (χ2v) is 5.05. The van der Waals surface area contributed by atoms with Gasteiger partial charge in [0.2, 0.25) is 5.88 Å². The minimum Gasteiger partial charge on any atom is -0.438 e. The molecule has 21 heavy (non-hydrogen) atoms. The number of rotatable bonds is 3. The number of nitrogens with zero attached hydrogens (tertiary/aromatic N) is 1. The first-order chi connectivity index (χ1) is 10.2. The van der Waals surface area contributed by atoms with E-state index in [1.807, 2.05) is 31.2 Å². The van der Waals surface area contributed by atoms with E-state index in [0.29, 0.717) is 17.5 Å². The van der Waals surface area contributed by atoms with Gasteiger partial charge in [-0.15, -0.1) is 11.6 Å². The summed E-state index contributed by atoms with van der Waals surface area (Å²) >= 11 is 5.93. The van der Waals surface area contributed by atoms with Crippen molar-refractivity contribution in [1.29, 1.82) is 0 Å². The molecule has 0 amide bonds. The minimum atomic E-state index is -0.336. The number of aryl methyl sites for hydroxylation is 1. The average molecular weight is 302 g/mol. The molecule has 0 saturated carbocycles. The predicted molar refractivity (Wildman–Crippen MR) is 82.5 cm³/mol. The Hall–Kier alpha value is -2.13. The van der Waals surface area contributed by atoms with Gasteiger partial charge in [-0.3, -0.25) is 0 Å². The first-order valence-corrected chi connectivity index (χ1v) is 7.09. The summed E-state index contributed by atoms with van der Waals surface area (Å²) in [5, 5.41) is 1.85. The maximum Gasteiger partial charge on any atom is 0.227 e. The molecule has 0 radical (unpaired) electrons. The molecule has 0 unspecified atom stereocenters. The van der Waals surface area contributed by atoms with Crippen LogP contribution in [0.25, 0.3) is 10.8 Å². The number of pyridine rings is 1. The van der Waals surface area contributed by atoms with Gasteiger partial charge >= 0.3 is 0 Å². The van der Waals surface area contributed by atoms with E-state index in [4.69, 9.17) is 16.3 Å². The summed E-state index contributed by atoms with van der Waals surface area (Å²) < 4.78 is 19.2. The van der Waals surface area contributed by atoms with Crippen molar-refractivity contribution in [2.75, 3.05) is 0 Å². The quantitative estimate of drug-likeness (QED) is 0.619. The fourth-order valence-corrected chi connectivity index (χ4v) is 2.41. The van der Waals surface area contributed by atoms with Crippen molar-refractivity contribution in [3.63, 3.8) is 0 Å². The zero-order valence-corrected chi connectivity index (χ0v) is 12.2. The lowest BCUT2D eigenvalue weighted by molar-refractivity contribution is 0.460. The van der Waals surface area contributed by atoms with Crippen LogP contribution in [-0.4, -0.2) is 4.98 Å². The Morgan fingerprint density at radius 3 is 2.67 bits per heavy atom. The second kappa shape index (κ2) is 5.70. The number of hydrogen-bond donors (Lipinski definition) is 0.